The second kappa shape index (κ2) is 11.0. The standard InChI is InChI=1S/C19H30ClN5O/c1-22-19(24-10-8-15-5-2-7-17(20)13-15)23-9-4-12-25-11-3-6-16(14-25)18(21)26/h2,5,7,13,16H,3-4,6,8-12,14H2,1H3,(H2,21,26)(H2,22,23,24). The summed E-state index contributed by atoms with van der Waals surface area (Å²) in [5.74, 6) is 0.649. The minimum atomic E-state index is -0.169. The maximum atomic E-state index is 11.3. The molecule has 1 heterocycles. The van der Waals surface area contributed by atoms with Crippen LogP contribution in [0.4, 0.5) is 0 Å². The maximum absolute atomic E-state index is 11.3. The Hall–Kier alpha value is -1.79. The molecular formula is C19H30ClN5O. The lowest BCUT2D eigenvalue weighted by Gasteiger charge is -2.31. The van der Waals surface area contributed by atoms with Crippen LogP contribution in [-0.4, -0.2) is 56.5 Å². The van der Waals surface area contributed by atoms with Crippen molar-refractivity contribution < 1.29 is 4.79 Å². The number of hydrogen-bond acceptors (Lipinski definition) is 3. The average Bonchev–Trinajstić information content (AvgIpc) is 2.64. The second-order valence-corrected chi connectivity index (χ2v) is 7.14. The van der Waals surface area contributed by atoms with Gasteiger partial charge in [0, 0.05) is 31.7 Å². The molecule has 1 atom stereocenters. The largest absolute Gasteiger partial charge is 0.369 e. The van der Waals surface area contributed by atoms with Gasteiger partial charge in [0.05, 0.1) is 5.92 Å². The van der Waals surface area contributed by atoms with Crippen LogP contribution in [0.25, 0.3) is 0 Å². The summed E-state index contributed by atoms with van der Waals surface area (Å²) >= 11 is 6.00. The highest BCUT2D eigenvalue weighted by Gasteiger charge is 2.23. The number of aliphatic imine (C=N–C) groups is 1. The fraction of sp³-hybridized carbons (Fsp3) is 0.579. The van der Waals surface area contributed by atoms with Gasteiger partial charge in [-0.05, 0) is 56.5 Å². The van der Waals surface area contributed by atoms with Crippen molar-refractivity contribution in [2.75, 3.05) is 39.8 Å². The van der Waals surface area contributed by atoms with Crippen molar-refractivity contribution in [3.8, 4) is 0 Å². The number of nitrogens with one attached hydrogen (secondary N) is 2. The van der Waals surface area contributed by atoms with E-state index in [2.05, 4.69) is 26.6 Å². The normalized spacial score (nSPS) is 18.5. The molecule has 1 aromatic carbocycles. The Kier molecular flexibility index (Phi) is 8.71. The van der Waals surface area contributed by atoms with Crippen LogP contribution in [0.1, 0.15) is 24.8 Å². The highest BCUT2D eigenvalue weighted by atomic mass is 35.5. The number of rotatable bonds is 8. The van der Waals surface area contributed by atoms with Crippen LogP contribution in [0, 0.1) is 5.92 Å². The van der Waals surface area contributed by atoms with Crippen molar-refractivity contribution in [1.82, 2.24) is 15.5 Å². The predicted octanol–water partition coefficient (Wildman–Crippen LogP) is 1.63. The molecule has 144 valence electrons. The van der Waals surface area contributed by atoms with E-state index >= 15 is 0 Å². The zero-order valence-corrected chi connectivity index (χ0v) is 16.3. The van der Waals surface area contributed by atoms with E-state index in [0.717, 1.165) is 69.4 Å². The number of primary amides is 1. The van der Waals surface area contributed by atoms with Crippen LogP contribution in [0.3, 0.4) is 0 Å². The third-order valence-corrected chi connectivity index (χ3v) is 4.91. The van der Waals surface area contributed by atoms with Gasteiger partial charge in [0.25, 0.3) is 0 Å². The Morgan fingerprint density at radius 1 is 1.38 bits per heavy atom. The number of nitrogens with two attached hydrogens (primary N) is 1. The van der Waals surface area contributed by atoms with Gasteiger partial charge in [-0.15, -0.1) is 0 Å². The number of nitrogens with zero attached hydrogens (tertiary/aromatic N) is 2. The van der Waals surface area contributed by atoms with Crippen LogP contribution >= 0.6 is 11.6 Å². The first-order valence-electron chi connectivity index (χ1n) is 9.29. The molecule has 0 bridgehead atoms. The van der Waals surface area contributed by atoms with Gasteiger partial charge in [0.1, 0.15) is 0 Å². The molecule has 1 saturated heterocycles. The fourth-order valence-electron chi connectivity index (χ4n) is 3.24. The molecule has 1 aliphatic heterocycles. The molecule has 0 saturated carbocycles. The molecule has 1 aliphatic rings. The van der Waals surface area contributed by atoms with Gasteiger partial charge >= 0.3 is 0 Å². The van der Waals surface area contributed by atoms with Crippen molar-refractivity contribution in [2.45, 2.75) is 25.7 Å². The summed E-state index contributed by atoms with van der Waals surface area (Å²) in [7, 11) is 1.77. The number of guanidine groups is 1. The van der Waals surface area contributed by atoms with Gasteiger partial charge in [0.15, 0.2) is 5.96 Å². The molecule has 1 aromatic rings. The number of likely N-dealkylation sites (tertiary alicyclic amines) is 1. The molecule has 4 N–H and O–H groups in total. The molecule has 0 spiro atoms. The summed E-state index contributed by atoms with van der Waals surface area (Å²) in [6.07, 6.45) is 3.87. The van der Waals surface area contributed by atoms with Crippen LogP contribution < -0.4 is 16.4 Å². The van der Waals surface area contributed by atoms with Crippen molar-refractivity contribution >= 4 is 23.5 Å². The van der Waals surface area contributed by atoms with E-state index in [4.69, 9.17) is 17.3 Å². The lowest BCUT2D eigenvalue weighted by atomic mass is 9.97. The first-order valence-corrected chi connectivity index (χ1v) is 9.67. The Balaban J connectivity index is 1.60. The highest BCUT2D eigenvalue weighted by Crippen LogP contribution is 2.15. The van der Waals surface area contributed by atoms with E-state index in [1.165, 1.54) is 5.56 Å². The fourth-order valence-corrected chi connectivity index (χ4v) is 3.45. The monoisotopic (exact) mass is 379 g/mol. The Labute approximate surface area is 161 Å². The zero-order valence-electron chi connectivity index (χ0n) is 15.5. The maximum Gasteiger partial charge on any atom is 0.221 e. The van der Waals surface area contributed by atoms with Gasteiger partial charge < -0.3 is 21.3 Å². The van der Waals surface area contributed by atoms with Gasteiger partial charge in [-0.25, -0.2) is 0 Å². The number of hydrogen-bond donors (Lipinski definition) is 3. The first kappa shape index (κ1) is 20.5. The van der Waals surface area contributed by atoms with Gasteiger partial charge in [-0.2, -0.15) is 0 Å². The molecule has 2 rings (SSSR count). The molecule has 1 amide bonds. The lowest BCUT2D eigenvalue weighted by Crippen LogP contribution is -2.43. The summed E-state index contributed by atoms with van der Waals surface area (Å²) in [5, 5.41) is 7.42. The number of piperidine rings is 1. The van der Waals surface area contributed by atoms with E-state index in [0.29, 0.717) is 0 Å². The molecule has 0 radical (unpaired) electrons. The minimum Gasteiger partial charge on any atom is -0.369 e. The van der Waals surface area contributed by atoms with Crippen molar-refractivity contribution in [3.63, 3.8) is 0 Å². The molecule has 1 fully saturated rings. The van der Waals surface area contributed by atoms with Crippen LogP contribution in [0.5, 0.6) is 0 Å². The van der Waals surface area contributed by atoms with Gasteiger partial charge in [0.2, 0.25) is 5.91 Å². The van der Waals surface area contributed by atoms with Crippen molar-refractivity contribution in [1.29, 1.82) is 0 Å². The Morgan fingerprint density at radius 2 is 2.19 bits per heavy atom. The molecule has 0 aliphatic carbocycles. The van der Waals surface area contributed by atoms with Crippen LogP contribution in [0.15, 0.2) is 29.3 Å². The number of amides is 1. The molecule has 26 heavy (non-hydrogen) atoms. The van der Waals surface area contributed by atoms with E-state index < -0.39 is 0 Å². The summed E-state index contributed by atoms with van der Waals surface area (Å²) < 4.78 is 0. The number of carbonyl (C=O) groups excluding carboxylic acids is 1. The average molecular weight is 380 g/mol. The Bertz CT molecular complexity index is 607. The van der Waals surface area contributed by atoms with Crippen molar-refractivity contribution in [2.24, 2.45) is 16.6 Å². The minimum absolute atomic E-state index is 0.0117. The summed E-state index contributed by atoms with van der Waals surface area (Å²) in [5.41, 5.74) is 6.63. The molecule has 0 aromatic heterocycles. The number of halogens is 1. The lowest BCUT2D eigenvalue weighted by molar-refractivity contribution is -0.123. The van der Waals surface area contributed by atoms with Crippen molar-refractivity contribution in [3.05, 3.63) is 34.9 Å². The summed E-state index contributed by atoms with van der Waals surface area (Å²) in [6.45, 7) is 4.45. The SMILES string of the molecule is CN=C(NCCCN1CCCC(C(N)=O)C1)NCCc1cccc(Cl)c1. The smallest absolute Gasteiger partial charge is 0.221 e. The van der Waals surface area contributed by atoms with Gasteiger partial charge in [-0.1, -0.05) is 23.7 Å². The van der Waals surface area contributed by atoms with Crippen LogP contribution in [0.2, 0.25) is 5.02 Å². The van der Waals surface area contributed by atoms with Gasteiger partial charge in [-0.3, -0.25) is 9.79 Å². The second-order valence-electron chi connectivity index (χ2n) is 6.70. The third kappa shape index (κ3) is 7.22. The summed E-state index contributed by atoms with van der Waals surface area (Å²) in [4.78, 5) is 17.9. The zero-order chi connectivity index (χ0) is 18.8. The molecule has 7 heteroatoms. The van der Waals surface area contributed by atoms with E-state index in [1.54, 1.807) is 7.05 Å². The number of benzene rings is 1. The van der Waals surface area contributed by atoms with E-state index in [9.17, 15) is 4.79 Å². The van der Waals surface area contributed by atoms with E-state index in [-0.39, 0.29) is 11.8 Å². The third-order valence-electron chi connectivity index (χ3n) is 4.67. The highest BCUT2D eigenvalue weighted by molar-refractivity contribution is 6.30. The first-order chi connectivity index (χ1) is 12.6. The molecular weight excluding hydrogens is 350 g/mol. The van der Waals surface area contributed by atoms with E-state index in [1.807, 2.05) is 18.2 Å². The molecule has 1 unspecified atom stereocenters. The topological polar surface area (TPSA) is 82.8 Å². The Morgan fingerprint density at radius 3 is 2.92 bits per heavy atom. The quantitative estimate of drug-likeness (QED) is 0.364. The molecule has 6 nitrogen and oxygen atoms in total. The summed E-state index contributed by atoms with van der Waals surface area (Å²) in [6, 6.07) is 7.90. The predicted molar refractivity (Wildman–Crippen MR) is 107 cm³/mol. The van der Waals surface area contributed by atoms with Crippen LogP contribution in [-0.2, 0) is 11.2 Å². The number of carbonyl (C=O) groups is 1.